The van der Waals surface area contributed by atoms with E-state index in [1.165, 1.54) is 6.42 Å². The fraction of sp³-hybridized carbons (Fsp3) is 0.417. The van der Waals surface area contributed by atoms with Gasteiger partial charge < -0.3 is 20.5 Å². The highest BCUT2D eigenvalue weighted by molar-refractivity contribution is 6.34. The van der Waals surface area contributed by atoms with Crippen LogP contribution in [0.2, 0.25) is 5.02 Å². The number of hydrogen-bond acceptors (Lipinski definition) is 5. The van der Waals surface area contributed by atoms with Crippen molar-refractivity contribution in [2.75, 3.05) is 18.4 Å². The summed E-state index contributed by atoms with van der Waals surface area (Å²) in [5.74, 6) is -0.0906. The van der Waals surface area contributed by atoms with Crippen molar-refractivity contribution in [3.63, 3.8) is 0 Å². The van der Waals surface area contributed by atoms with Gasteiger partial charge in [0.1, 0.15) is 11.3 Å². The van der Waals surface area contributed by atoms with Crippen molar-refractivity contribution in [1.82, 2.24) is 19.4 Å². The number of primary amides is 1. The summed E-state index contributed by atoms with van der Waals surface area (Å²) in [4.78, 5) is 36.1. The molecule has 2 amide bonds. The Labute approximate surface area is 197 Å². The van der Waals surface area contributed by atoms with Crippen LogP contribution in [0.15, 0.2) is 30.5 Å². The van der Waals surface area contributed by atoms with Crippen LogP contribution in [-0.2, 0) is 0 Å². The van der Waals surface area contributed by atoms with Gasteiger partial charge >= 0.3 is 0 Å². The van der Waals surface area contributed by atoms with E-state index in [0.29, 0.717) is 17.3 Å². The normalized spacial score (nSPS) is 16.9. The number of halogens is 1. The van der Waals surface area contributed by atoms with Crippen LogP contribution in [0.25, 0.3) is 11.0 Å². The molecule has 0 radical (unpaired) electrons. The quantitative estimate of drug-likeness (QED) is 0.568. The number of amides is 2. The molecule has 8 nitrogen and oxygen atoms in total. The highest BCUT2D eigenvalue weighted by atomic mass is 35.5. The number of nitrogens with one attached hydrogen (secondary N) is 1. The van der Waals surface area contributed by atoms with Gasteiger partial charge in [-0.1, -0.05) is 24.4 Å². The number of carbonyl (C=O) groups is 2. The summed E-state index contributed by atoms with van der Waals surface area (Å²) in [5, 5.41) is 4.27. The Morgan fingerprint density at radius 1 is 1.06 bits per heavy atom. The SMILES string of the molecule is NC(=O)c1ccc(Nc2ncc3cc(C(=O)N4CCCCC4)n(C4CCCC4)c3n2)cc1Cl. The van der Waals surface area contributed by atoms with Crippen LogP contribution in [0.5, 0.6) is 0 Å². The van der Waals surface area contributed by atoms with Gasteiger partial charge in [0, 0.05) is 36.4 Å². The van der Waals surface area contributed by atoms with E-state index >= 15 is 0 Å². The minimum Gasteiger partial charge on any atom is -0.366 e. The molecule has 0 spiro atoms. The molecule has 0 unspecified atom stereocenters. The molecule has 1 aliphatic heterocycles. The van der Waals surface area contributed by atoms with E-state index in [1.807, 2.05) is 11.0 Å². The lowest BCUT2D eigenvalue weighted by Crippen LogP contribution is -2.37. The van der Waals surface area contributed by atoms with Crippen LogP contribution in [0.1, 0.15) is 71.8 Å². The minimum absolute atomic E-state index is 0.0860. The lowest BCUT2D eigenvalue weighted by molar-refractivity contribution is 0.0711. The zero-order chi connectivity index (χ0) is 22.9. The maximum Gasteiger partial charge on any atom is 0.270 e. The Morgan fingerprint density at radius 3 is 2.52 bits per heavy atom. The van der Waals surface area contributed by atoms with Crippen LogP contribution < -0.4 is 11.1 Å². The van der Waals surface area contributed by atoms with Crippen LogP contribution in [0.3, 0.4) is 0 Å². The molecule has 1 aromatic carbocycles. The van der Waals surface area contributed by atoms with E-state index < -0.39 is 5.91 Å². The molecule has 2 aromatic heterocycles. The third-order valence-electron chi connectivity index (χ3n) is 6.62. The molecular weight excluding hydrogens is 440 g/mol. The molecule has 1 saturated carbocycles. The van der Waals surface area contributed by atoms with E-state index in [4.69, 9.17) is 22.3 Å². The van der Waals surface area contributed by atoms with Gasteiger partial charge in [-0.3, -0.25) is 9.59 Å². The highest BCUT2D eigenvalue weighted by Crippen LogP contribution is 2.35. The number of aromatic nitrogens is 3. The van der Waals surface area contributed by atoms with Gasteiger partial charge in [-0.25, -0.2) is 4.98 Å². The molecular formula is C24H27ClN6O2. The fourth-order valence-electron chi connectivity index (χ4n) is 4.95. The highest BCUT2D eigenvalue weighted by Gasteiger charge is 2.28. The molecule has 33 heavy (non-hydrogen) atoms. The molecule has 5 rings (SSSR count). The van der Waals surface area contributed by atoms with Crippen molar-refractivity contribution in [2.24, 2.45) is 5.73 Å². The first-order chi connectivity index (χ1) is 16.0. The van der Waals surface area contributed by atoms with E-state index in [1.54, 1.807) is 24.4 Å². The lowest BCUT2D eigenvalue weighted by atomic mass is 10.1. The number of nitrogens with zero attached hydrogens (tertiary/aromatic N) is 4. The molecule has 0 atom stereocenters. The zero-order valence-electron chi connectivity index (χ0n) is 18.4. The standard InChI is InChI=1S/C24H27ClN6O2/c25-19-13-16(8-9-18(19)21(26)32)28-24-27-14-15-12-20(23(33)30-10-4-1-5-11-30)31(22(15)29-24)17-6-2-3-7-17/h8-9,12-14,17H,1-7,10-11H2,(H2,26,32)(H,27,28,29). The summed E-state index contributed by atoms with van der Waals surface area (Å²) in [7, 11) is 0. The molecule has 3 heterocycles. The Bertz CT molecular complexity index is 1210. The molecule has 1 saturated heterocycles. The fourth-order valence-corrected chi connectivity index (χ4v) is 5.22. The zero-order valence-corrected chi connectivity index (χ0v) is 19.1. The third-order valence-corrected chi connectivity index (χ3v) is 6.93. The summed E-state index contributed by atoms with van der Waals surface area (Å²) < 4.78 is 2.13. The summed E-state index contributed by atoms with van der Waals surface area (Å²) in [6.07, 6.45) is 9.44. The molecule has 2 fully saturated rings. The predicted molar refractivity (Wildman–Crippen MR) is 128 cm³/mol. The number of carbonyl (C=O) groups excluding carboxylic acids is 2. The second kappa shape index (κ2) is 9.02. The summed E-state index contributed by atoms with van der Waals surface area (Å²) in [5.41, 5.74) is 7.71. The topological polar surface area (TPSA) is 106 Å². The number of benzene rings is 1. The monoisotopic (exact) mass is 466 g/mol. The molecule has 172 valence electrons. The number of fused-ring (bicyclic) bond motifs is 1. The van der Waals surface area contributed by atoms with Gasteiger partial charge in [0.05, 0.1) is 10.6 Å². The van der Waals surface area contributed by atoms with Crippen molar-refractivity contribution in [1.29, 1.82) is 0 Å². The Hall–Kier alpha value is -3.13. The van der Waals surface area contributed by atoms with Crippen LogP contribution in [0, 0.1) is 0 Å². The summed E-state index contributed by atoms with van der Waals surface area (Å²) in [6, 6.07) is 7.10. The Morgan fingerprint density at radius 2 is 1.82 bits per heavy atom. The largest absolute Gasteiger partial charge is 0.366 e. The molecule has 2 aliphatic rings. The molecule has 0 bridgehead atoms. The average molecular weight is 467 g/mol. The first kappa shape index (κ1) is 21.7. The van der Waals surface area contributed by atoms with Gasteiger partial charge in [-0.15, -0.1) is 0 Å². The number of anilines is 2. The van der Waals surface area contributed by atoms with Gasteiger partial charge in [0.2, 0.25) is 11.9 Å². The maximum absolute atomic E-state index is 13.4. The average Bonchev–Trinajstić information content (AvgIpc) is 3.46. The molecule has 9 heteroatoms. The van der Waals surface area contributed by atoms with Crippen LogP contribution in [-0.4, -0.2) is 44.3 Å². The summed E-state index contributed by atoms with van der Waals surface area (Å²) in [6.45, 7) is 1.62. The van der Waals surface area contributed by atoms with Crippen LogP contribution >= 0.6 is 11.6 Å². The number of nitrogens with two attached hydrogens (primary N) is 1. The van der Waals surface area contributed by atoms with Gasteiger partial charge in [-0.2, -0.15) is 4.98 Å². The van der Waals surface area contributed by atoms with Crippen molar-refractivity contribution in [2.45, 2.75) is 51.0 Å². The first-order valence-electron chi connectivity index (χ1n) is 11.5. The smallest absolute Gasteiger partial charge is 0.270 e. The molecule has 3 N–H and O–H groups in total. The lowest BCUT2D eigenvalue weighted by Gasteiger charge is -2.28. The molecule has 3 aromatic rings. The summed E-state index contributed by atoms with van der Waals surface area (Å²) >= 11 is 6.18. The van der Waals surface area contributed by atoms with E-state index in [9.17, 15) is 9.59 Å². The van der Waals surface area contributed by atoms with Crippen molar-refractivity contribution >= 4 is 46.1 Å². The van der Waals surface area contributed by atoms with Crippen molar-refractivity contribution in [3.8, 4) is 0 Å². The maximum atomic E-state index is 13.4. The van der Waals surface area contributed by atoms with Gasteiger partial charge in [-0.05, 0) is 56.4 Å². The molecule has 1 aliphatic carbocycles. The second-order valence-corrected chi connectivity index (χ2v) is 9.25. The minimum atomic E-state index is -0.579. The predicted octanol–water partition coefficient (Wildman–Crippen LogP) is 4.67. The van der Waals surface area contributed by atoms with Gasteiger partial charge in [0.25, 0.3) is 5.91 Å². The Kier molecular flexibility index (Phi) is 5.93. The van der Waals surface area contributed by atoms with E-state index in [-0.39, 0.29) is 22.5 Å². The third kappa shape index (κ3) is 4.27. The van der Waals surface area contributed by atoms with Crippen LogP contribution in [0.4, 0.5) is 11.6 Å². The van der Waals surface area contributed by atoms with Crippen molar-refractivity contribution in [3.05, 3.63) is 46.7 Å². The number of piperidine rings is 1. The first-order valence-corrected chi connectivity index (χ1v) is 11.9. The number of rotatable bonds is 5. The Balaban J connectivity index is 1.51. The second-order valence-electron chi connectivity index (χ2n) is 8.85. The van der Waals surface area contributed by atoms with E-state index in [0.717, 1.165) is 62.6 Å². The number of hydrogen-bond donors (Lipinski definition) is 2. The van der Waals surface area contributed by atoms with E-state index in [2.05, 4.69) is 14.9 Å². The van der Waals surface area contributed by atoms with Gasteiger partial charge in [0.15, 0.2) is 0 Å². The van der Waals surface area contributed by atoms with Crippen molar-refractivity contribution < 1.29 is 9.59 Å². The number of likely N-dealkylation sites (tertiary alicyclic amines) is 1.